The third kappa shape index (κ3) is 3.04. The Bertz CT molecular complexity index is 592. The summed E-state index contributed by atoms with van der Waals surface area (Å²) >= 11 is 0. The minimum absolute atomic E-state index is 0.139. The van der Waals surface area contributed by atoms with Crippen LogP contribution in [0.2, 0.25) is 0 Å². The standard InChI is InChI=1S/C19H25NO/c1-19(2,3)16-8-4-13(5-9-16)14-6-10-17-15(12-14)7-11-18(21)20-17/h4,6,10,12,16H,5,7-9,11H2,1-3H3,(H,20,21). The van der Waals surface area contributed by atoms with E-state index in [-0.39, 0.29) is 5.91 Å². The van der Waals surface area contributed by atoms with Crippen molar-refractivity contribution in [3.05, 3.63) is 35.4 Å². The van der Waals surface area contributed by atoms with Gasteiger partial charge in [-0.15, -0.1) is 0 Å². The van der Waals surface area contributed by atoms with Gasteiger partial charge in [-0.05, 0) is 65.8 Å². The van der Waals surface area contributed by atoms with E-state index in [1.54, 1.807) is 0 Å². The molecule has 1 atom stereocenters. The molecule has 1 heterocycles. The van der Waals surface area contributed by atoms with Crippen molar-refractivity contribution in [1.29, 1.82) is 0 Å². The quantitative estimate of drug-likeness (QED) is 0.788. The Balaban J connectivity index is 1.80. The number of nitrogens with one attached hydrogen (secondary N) is 1. The van der Waals surface area contributed by atoms with E-state index in [1.165, 1.54) is 36.0 Å². The number of aryl methyl sites for hydroxylation is 1. The number of allylic oxidation sites excluding steroid dienone is 2. The summed E-state index contributed by atoms with van der Waals surface area (Å²) in [5.74, 6) is 0.929. The number of hydrogen-bond acceptors (Lipinski definition) is 1. The van der Waals surface area contributed by atoms with Crippen molar-refractivity contribution < 1.29 is 4.79 Å². The molecule has 112 valence electrons. The van der Waals surface area contributed by atoms with Crippen LogP contribution in [-0.2, 0) is 11.2 Å². The summed E-state index contributed by atoms with van der Waals surface area (Å²) in [6.07, 6.45) is 7.56. The van der Waals surface area contributed by atoms with Gasteiger partial charge in [0.05, 0.1) is 0 Å². The van der Waals surface area contributed by atoms with Gasteiger partial charge in [0.15, 0.2) is 0 Å². The van der Waals surface area contributed by atoms with E-state index in [1.807, 2.05) is 0 Å². The molecule has 1 aromatic rings. The molecule has 0 saturated carbocycles. The Morgan fingerprint density at radius 2 is 1.95 bits per heavy atom. The molecule has 0 radical (unpaired) electrons. The molecule has 1 aromatic carbocycles. The lowest BCUT2D eigenvalue weighted by Crippen LogP contribution is -2.22. The molecule has 1 unspecified atom stereocenters. The number of rotatable bonds is 1. The molecule has 1 aliphatic carbocycles. The Hall–Kier alpha value is -1.57. The molecule has 3 rings (SSSR count). The Morgan fingerprint density at radius 1 is 1.14 bits per heavy atom. The molecule has 0 aromatic heterocycles. The van der Waals surface area contributed by atoms with E-state index in [2.05, 4.69) is 50.4 Å². The maximum absolute atomic E-state index is 11.4. The molecule has 0 spiro atoms. The van der Waals surface area contributed by atoms with Crippen LogP contribution in [0.5, 0.6) is 0 Å². The van der Waals surface area contributed by atoms with Gasteiger partial charge in [0, 0.05) is 12.1 Å². The van der Waals surface area contributed by atoms with E-state index < -0.39 is 0 Å². The van der Waals surface area contributed by atoms with Crippen LogP contribution < -0.4 is 5.32 Å². The number of anilines is 1. The number of fused-ring (bicyclic) bond motifs is 1. The highest BCUT2D eigenvalue weighted by molar-refractivity contribution is 5.94. The molecular weight excluding hydrogens is 258 g/mol. The average molecular weight is 283 g/mol. The fourth-order valence-electron chi connectivity index (χ4n) is 3.47. The van der Waals surface area contributed by atoms with E-state index in [9.17, 15) is 4.79 Å². The molecular formula is C19H25NO. The lowest BCUT2D eigenvalue weighted by Gasteiger charge is -2.33. The first-order chi connectivity index (χ1) is 9.93. The fourth-order valence-corrected chi connectivity index (χ4v) is 3.47. The number of benzene rings is 1. The average Bonchev–Trinajstić information content (AvgIpc) is 2.46. The zero-order valence-corrected chi connectivity index (χ0v) is 13.3. The molecule has 1 aliphatic heterocycles. The van der Waals surface area contributed by atoms with Gasteiger partial charge in [0.1, 0.15) is 0 Å². The van der Waals surface area contributed by atoms with Gasteiger partial charge in [-0.3, -0.25) is 4.79 Å². The van der Waals surface area contributed by atoms with E-state index >= 15 is 0 Å². The van der Waals surface area contributed by atoms with Crippen molar-refractivity contribution in [1.82, 2.24) is 0 Å². The highest BCUT2D eigenvalue weighted by atomic mass is 16.1. The first-order valence-electron chi connectivity index (χ1n) is 8.05. The summed E-state index contributed by atoms with van der Waals surface area (Å²) in [5.41, 5.74) is 5.51. The van der Waals surface area contributed by atoms with Gasteiger partial charge in [-0.2, -0.15) is 0 Å². The summed E-state index contributed by atoms with van der Waals surface area (Å²) in [7, 11) is 0. The van der Waals surface area contributed by atoms with Gasteiger partial charge >= 0.3 is 0 Å². The van der Waals surface area contributed by atoms with Gasteiger partial charge in [-0.1, -0.05) is 32.9 Å². The largest absolute Gasteiger partial charge is 0.326 e. The highest BCUT2D eigenvalue weighted by Gasteiger charge is 2.26. The SMILES string of the molecule is CC(C)(C)C1CC=C(c2ccc3c(c2)CCC(=O)N3)CC1. The lowest BCUT2D eigenvalue weighted by molar-refractivity contribution is -0.116. The number of carbonyl (C=O) groups excluding carboxylic acids is 1. The van der Waals surface area contributed by atoms with Crippen LogP contribution >= 0.6 is 0 Å². The summed E-state index contributed by atoms with van der Waals surface area (Å²) in [6, 6.07) is 6.50. The van der Waals surface area contributed by atoms with Crippen LogP contribution in [0.15, 0.2) is 24.3 Å². The maximum Gasteiger partial charge on any atom is 0.224 e. The van der Waals surface area contributed by atoms with Crippen LogP contribution in [0.4, 0.5) is 5.69 Å². The lowest BCUT2D eigenvalue weighted by atomic mass is 9.72. The van der Waals surface area contributed by atoms with Gasteiger partial charge in [0.2, 0.25) is 5.91 Å². The molecule has 2 nitrogen and oxygen atoms in total. The van der Waals surface area contributed by atoms with Crippen LogP contribution in [0, 0.1) is 11.3 Å². The summed E-state index contributed by atoms with van der Waals surface area (Å²) < 4.78 is 0. The second kappa shape index (κ2) is 5.32. The predicted octanol–water partition coefficient (Wildman–Crippen LogP) is 4.80. The molecule has 1 amide bonds. The third-order valence-corrected chi connectivity index (χ3v) is 5.01. The number of carbonyl (C=O) groups is 1. The van der Waals surface area contributed by atoms with E-state index in [0.29, 0.717) is 11.8 Å². The van der Waals surface area contributed by atoms with Gasteiger partial charge < -0.3 is 5.32 Å². The van der Waals surface area contributed by atoms with E-state index in [0.717, 1.165) is 18.0 Å². The second-order valence-electron chi connectivity index (χ2n) is 7.49. The van der Waals surface area contributed by atoms with Crippen LogP contribution in [0.3, 0.4) is 0 Å². The molecule has 21 heavy (non-hydrogen) atoms. The molecule has 0 bridgehead atoms. The second-order valence-corrected chi connectivity index (χ2v) is 7.49. The Kier molecular flexibility index (Phi) is 3.64. The van der Waals surface area contributed by atoms with Gasteiger partial charge in [0.25, 0.3) is 0 Å². The third-order valence-electron chi connectivity index (χ3n) is 5.01. The molecule has 1 N–H and O–H groups in total. The molecule has 2 heteroatoms. The van der Waals surface area contributed by atoms with E-state index in [4.69, 9.17) is 0 Å². The minimum atomic E-state index is 0.139. The Morgan fingerprint density at radius 3 is 2.62 bits per heavy atom. The van der Waals surface area contributed by atoms with Crippen LogP contribution in [-0.4, -0.2) is 5.91 Å². The van der Waals surface area contributed by atoms with Crippen molar-refractivity contribution in [2.45, 2.75) is 52.9 Å². The summed E-state index contributed by atoms with van der Waals surface area (Å²) in [5, 5.41) is 2.96. The summed E-state index contributed by atoms with van der Waals surface area (Å²) in [6.45, 7) is 7.04. The Labute approximate surface area is 127 Å². The molecule has 2 aliphatic rings. The smallest absolute Gasteiger partial charge is 0.224 e. The predicted molar refractivity (Wildman–Crippen MR) is 88.2 cm³/mol. The molecule has 0 saturated heterocycles. The summed E-state index contributed by atoms with van der Waals surface area (Å²) in [4.78, 5) is 11.4. The minimum Gasteiger partial charge on any atom is -0.326 e. The topological polar surface area (TPSA) is 29.1 Å². The maximum atomic E-state index is 11.4. The fraction of sp³-hybridized carbons (Fsp3) is 0.526. The van der Waals surface area contributed by atoms with Crippen molar-refractivity contribution in [2.75, 3.05) is 5.32 Å². The van der Waals surface area contributed by atoms with Crippen molar-refractivity contribution >= 4 is 17.2 Å². The number of hydrogen-bond donors (Lipinski definition) is 1. The first kappa shape index (κ1) is 14.4. The monoisotopic (exact) mass is 283 g/mol. The zero-order chi connectivity index (χ0) is 15.0. The first-order valence-corrected chi connectivity index (χ1v) is 8.05. The number of amides is 1. The zero-order valence-electron chi connectivity index (χ0n) is 13.3. The van der Waals surface area contributed by atoms with Gasteiger partial charge in [-0.25, -0.2) is 0 Å². The van der Waals surface area contributed by atoms with Crippen molar-refractivity contribution in [3.8, 4) is 0 Å². The van der Waals surface area contributed by atoms with Crippen molar-refractivity contribution in [2.24, 2.45) is 11.3 Å². The normalized spacial score (nSPS) is 22.3. The molecule has 0 fully saturated rings. The van der Waals surface area contributed by atoms with Crippen molar-refractivity contribution in [3.63, 3.8) is 0 Å². The van der Waals surface area contributed by atoms with Crippen LogP contribution in [0.1, 0.15) is 57.6 Å². The van der Waals surface area contributed by atoms with Crippen LogP contribution in [0.25, 0.3) is 5.57 Å². The highest BCUT2D eigenvalue weighted by Crippen LogP contribution is 2.40.